The first-order chi connectivity index (χ1) is 14.1. The van der Waals surface area contributed by atoms with Crippen LogP contribution >= 0.6 is 11.3 Å². The zero-order valence-corrected chi connectivity index (χ0v) is 16.6. The largest absolute Gasteiger partial charge is 0.508 e. The second-order valence-corrected chi connectivity index (χ2v) is 7.49. The fourth-order valence-electron chi connectivity index (χ4n) is 2.90. The molecule has 7 heteroatoms. The van der Waals surface area contributed by atoms with E-state index in [2.05, 4.69) is 15.3 Å². The SMILES string of the molecule is COc1ccc(-c2nc3ccc(C(=O)NCCc4ccc(O)cc4)cc3s2)cn1. The van der Waals surface area contributed by atoms with Crippen LogP contribution in [0.4, 0.5) is 0 Å². The molecular formula is C22H19N3O3S. The van der Waals surface area contributed by atoms with Crippen LogP contribution in [0.1, 0.15) is 15.9 Å². The van der Waals surface area contributed by atoms with Crippen molar-refractivity contribution in [1.29, 1.82) is 0 Å². The molecule has 29 heavy (non-hydrogen) atoms. The van der Waals surface area contributed by atoms with E-state index in [0.29, 0.717) is 24.4 Å². The first-order valence-corrected chi connectivity index (χ1v) is 9.91. The molecule has 0 aliphatic carbocycles. The van der Waals surface area contributed by atoms with Crippen LogP contribution in [0, 0.1) is 0 Å². The van der Waals surface area contributed by atoms with Gasteiger partial charge in [0, 0.05) is 29.9 Å². The topological polar surface area (TPSA) is 84.3 Å². The Morgan fingerprint density at radius 3 is 2.69 bits per heavy atom. The van der Waals surface area contributed by atoms with Crippen LogP contribution in [0.3, 0.4) is 0 Å². The molecular weight excluding hydrogens is 386 g/mol. The Balaban J connectivity index is 1.44. The number of carbonyl (C=O) groups excluding carboxylic acids is 1. The molecule has 0 unspecified atom stereocenters. The van der Waals surface area contributed by atoms with Crippen LogP contribution in [0.25, 0.3) is 20.8 Å². The lowest BCUT2D eigenvalue weighted by Crippen LogP contribution is -2.25. The molecule has 1 amide bonds. The number of nitrogens with one attached hydrogen (secondary N) is 1. The Morgan fingerprint density at radius 1 is 1.14 bits per heavy atom. The van der Waals surface area contributed by atoms with E-state index in [-0.39, 0.29) is 11.7 Å². The lowest BCUT2D eigenvalue weighted by molar-refractivity contribution is 0.0954. The van der Waals surface area contributed by atoms with Gasteiger partial charge in [-0.25, -0.2) is 9.97 Å². The Morgan fingerprint density at radius 2 is 1.97 bits per heavy atom. The van der Waals surface area contributed by atoms with Crippen molar-refractivity contribution in [3.63, 3.8) is 0 Å². The normalized spacial score (nSPS) is 10.8. The molecule has 2 heterocycles. The Hall–Kier alpha value is -3.45. The molecule has 2 N–H and O–H groups in total. The smallest absolute Gasteiger partial charge is 0.251 e. The maximum Gasteiger partial charge on any atom is 0.251 e. The molecule has 0 bridgehead atoms. The van der Waals surface area contributed by atoms with Gasteiger partial charge in [0.05, 0.1) is 17.3 Å². The summed E-state index contributed by atoms with van der Waals surface area (Å²) >= 11 is 1.52. The molecule has 0 saturated heterocycles. The van der Waals surface area contributed by atoms with E-state index < -0.39 is 0 Å². The van der Waals surface area contributed by atoms with Crippen molar-refractivity contribution in [2.45, 2.75) is 6.42 Å². The molecule has 0 aliphatic heterocycles. The summed E-state index contributed by atoms with van der Waals surface area (Å²) in [4.78, 5) is 21.3. The predicted octanol–water partition coefficient (Wildman–Crippen LogP) is 4.05. The number of aromatic hydroxyl groups is 1. The molecule has 4 aromatic rings. The third-order valence-corrected chi connectivity index (χ3v) is 5.55. The molecule has 0 saturated carbocycles. The first kappa shape index (κ1) is 18.9. The number of amides is 1. The molecule has 6 nitrogen and oxygen atoms in total. The lowest BCUT2D eigenvalue weighted by atomic mass is 10.1. The van der Waals surface area contributed by atoms with E-state index in [1.807, 2.05) is 30.3 Å². The number of thiazole rings is 1. The van der Waals surface area contributed by atoms with Crippen LogP contribution in [0.5, 0.6) is 11.6 Å². The van der Waals surface area contributed by atoms with E-state index in [0.717, 1.165) is 26.4 Å². The molecule has 0 radical (unpaired) electrons. The zero-order chi connectivity index (χ0) is 20.2. The number of nitrogens with zero attached hydrogens (tertiary/aromatic N) is 2. The van der Waals surface area contributed by atoms with Gasteiger partial charge in [0.2, 0.25) is 5.88 Å². The van der Waals surface area contributed by atoms with Crippen molar-refractivity contribution in [3.05, 3.63) is 71.9 Å². The third-order valence-electron chi connectivity index (χ3n) is 4.48. The standard InChI is InChI=1S/C22H19N3O3S/c1-28-20-9-5-16(13-24-20)22-25-18-8-4-15(12-19(18)29-22)21(27)23-11-10-14-2-6-17(26)7-3-14/h2-9,12-13,26H,10-11H2,1H3,(H,23,27). The van der Waals surface area contributed by atoms with Gasteiger partial charge < -0.3 is 15.2 Å². The Bertz CT molecular complexity index is 1140. The van der Waals surface area contributed by atoms with Gasteiger partial charge in [0.1, 0.15) is 10.8 Å². The van der Waals surface area contributed by atoms with Crippen LogP contribution in [0.15, 0.2) is 60.8 Å². The monoisotopic (exact) mass is 405 g/mol. The molecule has 2 aromatic heterocycles. The van der Waals surface area contributed by atoms with Crippen LogP contribution in [-0.4, -0.2) is 34.6 Å². The highest BCUT2D eigenvalue weighted by molar-refractivity contribution is 7.21. The summed E-state index contributed by atoms with van der Waals surface area (Å²) in [5.41, 5.74) is 3.42. The van der Waals surface area contributed by atoms with Gasteiger partial charge in [0.25, 0.3) is 5.91 Å². The van der Waals surface area contributed by atoms with Gasteiger partial charge >= 0.3 is 0 Å². The Kier molecular flexibility index (Phi) is 5.39. The van der Waals surface area contributed by atoms with Gasteiger partial charge in [-0.15, -0.1) is 11.3 Å². The van der Waals surface area contributed by atoms with Crippen molar-refractivity contribution in [1.82, 2.24) is 15.3 Å². The summed E-state index contributed by atoms with van der Waals surface area (Å²) in [7, 11) is 1.58. The number of benzene rings is 2. The highest BCUT2D eigenvalue weighted by Crippen LogP contribution is 2.31. The number of phenolic OH excluding ortho intramolecular Hbond substituents is 1. The van der Waals surface area contributed by atoms with Gasteiger partial charge in [-0.3, -0.25) is 4.79 Å². The summed E-state index contributed by atoms with van der Waals surface area (Å²) in [6.45, 7) is 0.521. The van der Waals surface area contributed by atoms with Crippen molar-refractivity contribution in [2.75, 3.05) is 13.7 Å². The molecule has 4 rings (SSSR count). The summed E-state index contributed by atoms with van der Waals surface area (Å²) < 4.78 is 6.03. The van der Waals surface area contributed by atoms with Crippen LogP contribution in [0.2, 0.25) is 0 Å². The highest BCUT2D eigenvalue weighted by atomic mass is 32.1. The summed E-state index contributed by atoms with van der Waals surface area (Å²) in [5.74, 6) is 0.674. The summed E-state index contributed by atoms with van der Waals surface area (Å²) in [6.07, 6.45) is 2.43. The average Bonchev–Trinajstić information content (AvgIpc) is 3.18. The van der Waals surface area contributed by atoms with E-state index in [1.165, 1.54) is 11.3 Å². The molecule has 0 atom stereocenters. The molecule has 0 spiro atoms. The van der Waals surface area contributed by atoms with Crippen molar-refractivity contribution in [2.24, 2.45) is 0 Å². The molecule has 0 fully saturated rings. The second-order valence-electron chi connectivity index (χ2n) is 6.46. The number of fused-ring (bicyclic) bond motifs is 1. The van der Waals surface area contributed by atoms with Crippen molar-refractivity contribution in [3.8, 4) is 22.2 Å². The maximum atomic E-state index is 12.5. The zero-order valence-electron chi connectivity index (χ0n) is 15.8. The van der Waals surface area contributed by atoms with Crippen molar-refractivity contribution < 1.29 is 14.6 Å². The minimum absolute atomic E-state index is 0.119. The van der Waals surface area contributed by atoms with E-state index in [4.69, 9.17) is 4.74 Å². The van der Waals surface area contributed by atoms with E-state index in [9.17, 15) is 9.90 Å². The minimum Gasteiger partial charge on any atom is -0.508 e. The molecule has 0 aliphatic rings. The highest BCUT2D eigenvalue weighted by Gasteiger charge is 2.11. The average molecular weight is 405 g/mol. The van der Waals surface area contributed by atoms with Gasteiger partial charge in [-0.1, -0.05) is 12.1 Å². The fraction of sp³-hybridized carbons (Fsp3) is 0.136. The van der Waals surface area contributed by atoms with Crippen LogP contribution < -0.4 is 10.1 Å². The first-order valence-electron chi connectivity index (χ1n) is 9.09. The minimum atomic E-state index is -0.119. The van der Waals surface area contributed by atoms with Crippen LogP contribution in [-0.2, 0) is 6.42 Å². The number of pyridine rings is 1. The lowest BCUT2D eigenvalue weighted by Gasteiger charge is -2.05. The number of phenols is 1. The number of aromatic nitrogens is 2. The fourth-order valence-corrected chi connectivity index (χ4v) is 3.90. The van der Waals surface area contributed by atoms with Gasteiger partial charge in [0.15, 0.2) is 0 Å². The quantitative estimate of drug-likeness (QED) is 0.506. The van der Waals surface area contributed by atoms with Crippen molar-refractivity contribution >= 4 is 27.5 Å². The van der Waals surface area contributed by atoms with E-state index in [1.54, 1.807) is 37.6 Å². The predicted molar refractivity (Wildman–Crippen MR) is 114 cm³/mol. The number of hydrogen-bond acceptors (Lipinski definition) is 6. The summed E-state index contributed by atoms with van der Waals surface area (Å²) in [5, 5.41) is 13.1. The van der Waals surface area contributed by atoms with Gasteiger partial charge in [-0.05, 0) is 48.4 Å². The summed E-state index contributed by atoms with van der Waals surface area (Å²) in [6, 6.07) is 16.2. The molecule has 146 valence electrons. The number of methoxy groups -OCH3 is 1. The number of carbonyl (C=O) groups is 1. The second kappa shape index (κ2) is 8.28. The molecule has 2 aromatic carbocycles. The van der Waals surface area contributed by atoms with E-state index >= 15 is 0 Å². The maximum absolute atomic E-state index is 12.5. The number of rotatable bonds is 6. The third kappa shape index (κ3) is 4.35. The van der Waals surface area contributed by atoms with Gasteiger partial charge in [-0.2, -0.15) is 0 Å². The Labute approximate surface area is 171 Å². The number of hydrogen-bond donors (Lipinski definition) is 2. The number of ether oxygens (including phenoxy) is 1.